The lowest BCUT2D eigenvalue weighted by atomic mass is 9.71. The molecule has 0 aromatic heterocycles. The molecule has 1 unspecified atom stereocenters. The molecule has 1 fully saturated rings. The molecular formula is C13H14F2O2. The average Bonchev–Trinajstić information content (AvgIpc) is 2.13. The van der Waals surface area contributed by atoms with Gasteiger partial charge in [0, 0.05) is 12.0 Å². The molecule has 1 atom stereocenters. The van der Waals surface area contributed by atoms with Gasteiger partial charge in [0.25, 0.3) is 0 Å². The van der Waals surface area contributed by atoms with Gasteiger partial charge in [-0.05, 0) is 30.4 Å². The van der Waals surface area contributed by atoms with Crippen LogP contribution in [-0.2, 0) is 4.79 Å². The topological polar surface area (TPSA) is 37.3 Å². The molecule has 2 nitrogen and oxygen atoms in total. The van der Waals surface area contributed by atoms with E-state index in [1.807, 2.05) is 0 Å². The van der Waals surface area contributed by atoms with Crippen LogP contribution in [0.1, 0.15) is 37.2 Å². The fraction of sp³-hybridized carbons (Fsp3) is 0.462. The van der Waals surface area contributed by atoms with Crippen LogP contribution in [0.3, 0.4) is 0 Å². The molecular weight excluding hydrogens is 226 g/mol. The summed E-state index contributed by atoms with van der Waals surface area (Å²) >= 11 is 0. The minimum atomic E-state index is -0.939. The van der Waals surface area contributed by atoms with Crippen LogP contribution in [0.4, 0.5) is 8.78 Å². The van der Waals surface area contributed by atoms with E-state index in [2.05, 4.69) is 0 Å². The first-order chi connectivity index (χ1) is 8.08. The molecule has 0 spiro atoms. The van der Waals surface area contributed by atoms with Gasteiger partial charge in [0.2, 0.25) is 0 Å². The zero-order valence-corrected chi connectivity index (χ0v) is 9.33. The molecule has 1 aromatic carbocycles. The number of benzene rings is 1. The van der Waals surface area contributed by atoms with E-state index in [-0.39, 0.29) is 18.3 Å². The highest BCUT2D eigenvalue weighted by Gasteiger charge is 2.31. The molecule has 1 N–H and O–H groups in total. The summed E-state index contributed by atoms with van der Waals surface area (Å²) in [5.41, 5.74) is 0.332. The number of hydrogen-bond acceptors (Lipinski definition) is 1. The van der Waals surface area contributed by atoms with Gasteiger partial charge in [-0.1, -0.05) is 12.5 Å². The van der Waals surface area contributed by atoms with Crippen LogP contribution in [0, 0.1) is 17.6 Å². The Morgan fingerprint density at radius 3 is 2.59 bits per heavy atom. The quantitative estimate of drug-likeness (QED) is 0.876. The smallest absolute Gasteiger partial charge is 0.303 e. The van der Waals surface area contributed by atoms with Crippen LogP contribution >= 0.6 is 0 Å². The molecule has 0 heterocycles. The van der Waals surface area contributed by atoms with Crippen molar-refractivity contribution >= 4 is 5.97 Å². The third kappa shape index (κ3) is 2.62. The van der Waals surface area contributed by atoms with E-state index in [0.717, 1.165) is 25.3 Å². The SMILES string of the molecule is O=C(O)CC(c1ccc(F)cc1F)C1CCC1. The van der Waals surface area contributed by atoms with Crippen LogP contribution in [0.2, 0.25) is 0 Å². The summed E-state index contributed by atoms with van der Waals surface area (Å²) in [4.78, 5) is 10.8. The van der Waals surface area contributed by atoms with E-state index < -0.39 is 17.6 Å². The highest BCUT2D eigenvalue weighted by Crippen LogP contribution is 2.42. The Bertz CT molecular complexity index is 427. The minimum absolute atomic E-state index is 0.0901. The number of hydrogen-bond donors (Lipinski definition) is 1. The average molecular weight is 240 g/mol. The first-order valence-corrected chi connectivity index (χ1v) is 5.74. The molecule has 0 saturated heterocycles. The number of rotatable bonds is 4. The summed E-state index contributed by atoms with van der Waals surface area (Å²) in [7, 11) is 0. The van der Waals surface area contributed by atoms with Gasteiger partial charge in [0.05, 0.1) is 6.42 Å². The van der Waals surface area contributed by atoms with Crippen LogP contribution in [0.25, 0.3) is 0 Å². The zero-order chi connectivity index (χ0) is 12.4. The zero-order valence-electron chi connectivity index (χ0n) is 9.33. The maximum Gasteiger partial charge on any atom is 0.303 e. The van der Waals surface area contributed by atoms with Gasteiger partial charge in [-0.25, -0.2) is 8.78 Å². The van der Waals surface area contributed by atoms with Gasteiger partial charge in [0.1, 0.15) is 11.6 Å². The summed E-state index contributed by atoms with van der Waals surface area (Å²) in [6, 6.07) is 3.38. The van der Waals surface area contributed by atoms with Crippen molar-refractivity contribution in [3.63, 3.8) is 0 Å². The molecule has 2 rings (SSSR count). The monoisotopic (exact) mass is 240 g/mol. The Hall–Kier alpha value is -1.45. The lowest BCUT2D eigenvalue weighted by Gasteiger charge is -2.33. The molecule has 4 heteroatoms. The highest BCUT2D eigenvalue weighted by molar-refractivity contribution is 5.68. The van der Waals surface area contributed by atoms with Gasteiger partial charge < -0.3 is 5.11 Å². The predicted molar refractivity (Wildman–Crippen MR) is 58.7 cm³/mol. The van der Waals surface area contributed by atoms with Crippen molar-refractivity contribution in [3.8, 4) is 0 Å². The number of aliphatic carboxylic acids is 1. The van der Waals surface area contributed by atoms with E-state index >= 15 is 0 Å². The molecule has 0 aliphatic heterocycles. The maximum absolute atomic E-state index is 13.6. The van der Waals surface area contributed by atoms with Crippen LogP contribution in [0.15, 0.2) is 18.2 Å². The van der Waals surface area contributed by atoms with E-state index in [1.54, 1.807) is 0 Å². The van der Waals surface area contributed by atoms with Gasteiger partial charge in [-0.2, -0.15) is 0 Å². The second-order valence-corrected chi connectivity index (χ2v) is 4.56. The standard InChI is InChI=1S/C13H14F2O2/c14-9-4-5-10(12(15)6-9)11(7-13(16)17)8-2-1-3-8/h4-6,8,11H,1-3,7H2,(H,16,17). The Labute approximate surface area is 98.3 Å². The van der Waals surface area contributed by atoms with Gasteiger partial charge in [0.15, 0.2) is 0 Å². The number of halogens is 2. The van der Waals surface area contributed by atoms with Crippen molar-refractivity contribution in [2.45, 2.75) is 31.6 Å². The van der Waals surface area contributed by atoms with Gasteiger partial charge >= 0.3 is 5.97 Å². The van der Waals surface area contributed by atoms with Crippen molar-refractivity contribution in [1.29, 1.82) is 0 Å². The Kier molecular flexibility index (Phi) is 3.41. The summed E-state index contributed by atoms with van der Waals surface area (Å²) in [5.74, 6) is -2.32. The number of carboxylic acids is 1. The normalized spacial score (nSPS) is 17.5. The van der Waals surface area contributed by atoms with Crippen molar-refractivity contribution in [3.05, 3.63) is 35.4 Å². The van der Waals surface area contributed by atoms with Crippen LogP contribution in [-0.4, -0.2) is 11.1 Å². The number of carboxylic acid groups (broad SMARTS) is 1. The van der Waals surface area contributed by atoms with Crippen molar-refractivity contribution in [1.82, 2.24) is 0 Å². The summed E-state index contributed by atoms with van der Waals surface area (Å²) in [6.07, 6.45) is 2.82. The molecule has 1 aliphatic carbocycles. The lowest BCUT2D eigenvalue weighted by molar-refractivity contribution is -0.138. The van der Waals surface area contributed by atoms with Crippen LogP contribution < -0.4 is 0 Å². The fourth-order valence-electron chi connectivity index (χ4n) is 2.36. The molecule has 1 saturated carbocycles. The third-order valence-corrected chi connectivity index (χ3v) is 3.48. The molecule has 1 aromatic rings. The Morgan fingerprint density at radius 1 is 1.41 bits per heavy atom. The second-order valence-electron chi connectivity index (χ2n) is 4.56. The highest BCUT2D eigenvalue weighted by atomic mass is 19.1. The van der Waals surface area contributed by atoms with Gasteiger partial charge in [-0.15, -0.1) is 0 Å². The van der Waals surface area contributed by atoms with E-state index in [1.165, 1.54) is 12.1 Å². The first-order valence-electron chi connectivity index (χ1n) is 5.74. The fourth-order valence-corrected chi connectivity index (χ4v) is 2.36. The van der Waals surface area contributed by atoms with E-state index in [9.17, 15) is 13.6 Å². The van der Waals surface area contributed by atoms with Gasteiger partial charge in [-0.3, -0.25) is 4.79 Å². The van der Waals surface area contributed by atoms with E-state index in [4.69, 9.17) is 5.11 Å². The molecule has 1 aliphatic rings. The molecule has 0 amide bonds. The predicted octanol–water partition coefficient (Wildman–Crippen LogP) is 3.32. The van der Waals surface area contributed by atoms with Crippen molar-refractivity contribution in [2.75, 3.05) is 0 Å². The summed E-state index contributed by atoms with van der Waals surface area (Å²) in [5, 5.41) is 8.86. The first kappa shape index (κ1) is 12.0. The molecule has 17 heavy (non-hydrogen) atoms. The lowest BCUT2D eigenvalue weighted by Crippen LogP contribution is -2.23. The van der Waals surface area contributed by atoms with Crippen LogP contribution in [0.5, 0.6) is 0 Å². The largest absolute Gasteiger partial charge is 0.481 e. The molecule has 0 radical (unpaired) electrons. The number of carbonyl (C=O) groups is 1. The molecule has 0 bridgehead atoms. The maximum atomic E-state index is 13.6. The summed E-state index contributed by atoms with van der Waals surface area (Å²) in [6.45, 7) is 0. The Morgan fingerprint density at radius 2 is 2.12 bits per heavy atom. The second kappa shape index (κ2) is 4.82. The molecule has 92 valence electrons. The van der Waals surface area contributed by atoms with Crippen molar-refractivity contribution < 1.29 is 18.7 Å². The minimum Gasteiger partial charge on any atom is -0.481 e. The third-order valence-electron chi connectivity index (χ3n) is 3.48. The summed E-state index contributed by atoms with van der Waals surface area (Å²) < 4.78 is 26.5. The Balaban J connectivity index is 2.27. The van der Waals surface area contributed by atoms with Crippen molar-refractivity contribution in [2.24, 2.45) is 5.92 Å². The van der Waals surface area contributed by atoms with E-state index in [0.29, 0.717) is 5.56 Å².